The van der Waals surface area contributed by atoms with Gasteiger partial charge in [-0.15, -0.1) is 0 Å². The van der Waals surface area contributed by atoms with Gasteiger partial charge in [-0.3, -0.25) is 9.69 Å². The first-order chi connectivity index (χ1) is 14.3. The minimum absolute atomic E-state index is 0.216. The lowest BCUT2D eigenvalue weighted by Crippen LogP contribution is -2.42. The van der Waals surface area contributed by atoms with Crippen molar-refractivity contribution in [1.29, 1.82) is 0 Å². The summed E-state index contributed by atoms with van der Waals surface area (Å²) in [5, 5.41) is 12.9. The van der Waals surface area contributed by atoms with Gasteiger partial charge < -0.3 is 15.4 Å². The Bertz CT molecular complexity index is 1000. The molecule has 0 spiro atoms. The molecule has 4 rings (SSSR count). The number of aromatic nitrogens is 2. The van der Waals surface area contributed by atoms with Crippen molar-refractivity contribution in [1.82, 2.24) is 20.2 Å². The zero-order valence-electron chi connectivity index (χ0n) is 16.0. The number of aliphatic hydroxyl groups excluding tert-OH is 1. The first kappa shape index (κ1) is 20.4. The lowest BCUT2D eigenvalue weighted by atomic mass is 10.1. The number of amides is 1. The zero-order valence-corrected chi connectivity index (χ0v) is 16.0. The van der Waals surface area contributed by atoms with Gasteiger partial charge in [-0.1, -0.05) is 24.3 Å². The number of para-hydroxylation sites is 2. The van der Waals surface area contributed by atoms with Crippen molar-refractivity contribution in [3.05, 3.63) is 65.5 Å². The number of halogens is 3. The maximum atomic E-state index is 12.7. The third kappa shape index (κ3) is 4.47. The van der Waals surface area contributed by atoms with Crippen LogP contribution in [0.15, 0.2) is 48.5 Å². The van der Waals surface area contributed by atoms with Gasteiger partial charge in [-0.05, 0) is 36.2 Å². The molecule has 3 aromatic rings. The predicted octanol–water partition coefficient (Wildman–Crippen LogP) is 2.83. The van der Waals surface area contributed by atoms with Crippen LogP contribution < -0.4 is 5.32 Å². The molecule has 1 amide bonds. The Morgan fingerprint density at radius 3 is 2.63 bits per heavy atom. The number of alkyl halides is 3. The van der Waals surface area contributed by atoms with E-state index in [1.165, 1.54) is 12.1 Å². The van der Waals surface area contributed by atoms with Crippen molar-refractivity contribution < 1.29 is 23.1 Å². The number of aliphatic hydroxyl groups is 1. The Labute approximate surface area is 170 Å². The molecule has 0 aliphatic carbocycles. The summed E-state index contributed by atoms with van der Waals surface area (Å²) in [7, 11) is 0. The fraction of sp³-hybridized carbons (Fsp3) is 0.333. The first-order valence-corrected chi connectivity index (χ1v) is 9.59. The van der Waals surface area contributed by atoms with Crippen LogP contribution in [0.5, 0.6) is 0 Å². The number of carbonyl (C=O) groups is 1. The monoisotopic (exact) mass is 418 g/mol. The summed E-state index contributed by atoms with van der Waals surface area (Å²) >= 11 is 0. The average Bonchev–Trinajstić information content (AvgIpc) is 3.28. The number of H-pyrrole nitrogens is 1. The van der Waals surface area contributed by atoms with Crippen molar-refractivity contribution >= 4 is 16.9 Å². The first-order valence-electron chi connectivity index (χ1n) is 9.59. The third-order valence-electron chi connectivity index (χ3n) is 5.22. The molecule has 2 atom stereocenters. The lowest BCUT2D eigenvalue weighted by molar-refractivity contribution is -0.137. The van der Waals surface area contributed by atoms with E-state index in [1.54, 1.807) is 4.90 Å². The van der Waals surface area contributed by atoms with Gasteiger partial charge in [0.25, 0.3) is 0 Å². The Balaban J connectivity index is 1.39. The Morgan fingerprint density at radius 2 is 1.93 bits per heavy atom. The van der Waals surface area contributed by atoms with Gasteiger partial charge in [0, 0.05) is 13.1 Å². The normalized spacial score (nSPS) is 20.0. The molecule has 30 heavy (non-hydrogen) atoms. The summed E-state index contributed by atoms with van der Waals surface area (Å²) in [4.78, 5) is 22.0. The van der Waals surface area contributed by atoms with Gasteiger partial charge in [0.1, 0.15) is 5.82 Å². The second-order valence-electron chi connectivity index (χ2n) is 7.45. The highest BCUT2D eigenvalue weighted by Gasteiger charge is 2.36. The molecular formula is C21H21F3N4O2. The topological polar surface area (TPSA) is 81.2 Å². The number of fused-ring (bicyclic) bond motifs is 1. The predicted molar refractivity (Wildman–Crippen MR) is 104 cm³/mol. The largest absolute Gasteiger partial charge is 0.416 e. The fourth-order valence-electron chi connectivity index (χ4n) is 3.74. The van der Waals surface area contributed by atoms with E-state index in [0.717, 1.165) is 23.2 Å². The number of β-amino-alcohol motifs (C(OH)–C–C–N with tert-alkyl or cyclic N) is 1. The van der Waals surface area contributed by atoms with Crippen LogP contribution in [-0.4, -0.2) is 44.6 Å². The van der Waals surface area contributed by atoms with E-state index in [1.807, 2.05) is 24.3 Å². The number of imidazole rings is 1. The standard InChI is InChI=1S/C21H21F3N4O2/c22-21(23,24)14-7-5-13(6-8-14)11-28-12-15(29)9-18(28)20(30)25-10-19-26-16-3-1-2-4-17(16)27-19/h1-8,15,18,29H,9-12H2,(H,25,30)(H,26,27)/t15-,18+/m1/s1. The molecule has 2 aromatic carbocycles. The number of carbonyl (C=O) groups excluding carboxylic acids is 1. The summed E-state index contributed by atoms with van der Waals surface area (Å²) in [6.07, 6.45) is -4.78. The number of likely N-dealkylation sites (tertiary alicyclic amines) is 1. The highest BCUT2D eigenvalue weighted by Crippen LogP contribution is 2.29. The lowest BCUT2D eigenvalue weighted by Gasteiger charge is -2.23. The maximum Gasteiger partial charge on any atom is 0.416 e. The molecule has 2 heterocycles. The molecule has 0 saturated carbocycles. The molecule has 1 aliphatic rings. The summed E-state index contributed by atoms with van der Waals surface area (Å²) in [5.74, 6) is 0.372. The smallest absolute Gasteiger partial charge is 0.392 e. The van der Waals surface area contributed by atoms with Crippen LogP contribution >= 0.6 is 0 Å². The molecule has 3 N–H and O–H groups in total. The maximum absolute atomic E-state index is 12.7. The molecule has 1 aliphatic heterocycles. The Kier molecular flexibility index (Phi) is 5.48. The molecule has 1 aromatic heterocycles. The van der Waals surface area contributed by atoms with E-state index in [2.05, 4.69) is 15.3 Å². The number of aromatic amines is 1. The van der Waals surface area contributed by atoms with Crippen LogP contribution in [-0.2, 0) is 24.1 Å². The summed E-state index contributed by atoms with van der Waals surface area (Å²) < 4.78 is 38.2. The van der Waals surface area contributed by atoms with E-state index in [0.29, 0.717) is 11.4 Å². The fourth-order valence-corrected chi connectivity index (χ4v) is 3.74. The second-order valence-corrected chi connectivity index (χ2v) is 7.45. The van der Waals surface area contributed by atoms with Crippen LogP contribution in [0.1, 0.15) is 23.4 Å². The minimum Gasteiger partial charge on any atom is -0.392 e. The number of nitrogens with zero attached hydrogens (tertiary/aromatic N) is 2. The van der Waals surface area contributed by atoms with Gasteiger partial charge in [0.2, 0.25) is 5.91 Å². The van der Waals surface area contributed by atoms with Gasteiger partial charge in [-0.2, -0.15) is 13.2 Å². The van der Waals surface area contributed by atoms with E-state index in [4.69, 9.17) is 0 Å². The summed E-state index contributed by atoms with van der Waals surface area (Å²) in [5.41, 5.74) is 1.61. The van der Waals surface area contributed by atoms with Crippen LogP contribution in [0.25, 0.3) is 11.0 Å². The van der Waals surface area contributed by atoms with E-state index < -0.39 is 23.9 Å². The number of benzene rings is 2. The van der Waals surface area contributed by atoms with Gasteiger partial charge >= 0.3 is 6.18 Å². The molecule has 0 bridgehead atoms. The van der Waals surface area contributed by atoms with Crippen LogP contribution in [0.2, 0.25) is 0 Å². The van der Waals surface area contributed by atoms with Crippen molar-refractivity contribution in [3.8, 4) is 0 Å². The molecule has 1 fully saturated rings. The molecule has 1 saturated heterocycles. The molecule has 6 nitrogen and oxygen atoms in total. The van der Waals surface area contributed by atoms with Gasteiger partial charge in [0.05, 0.1) is 35.3 Å². The van der Waals surface area contributed by atoms with Crippen LogP contribution in [0, 0.1) is 0 Å². The number of rotatable bonds is 5. The molecule has 0 radical (unpaired) electrons. The number of hydrogen-bond acceptors (Lipinski definition) is 4. The average molecular weight is 418 g/mol. The van der Waals surface area contributed by atoms with Crippen LogP contribution in [0.4, 0.5) is 13.2 Å². The number of nitrogens with one attached hydrogen (secondary N) is 2. The molecule has 9 heteroatoms. The van der Waals surface area contributed by atoms with E-state index in [-0.39, 0.29) is 32.0 Å². The molecular weight excluding hydrogens is 397 g/mol. The highest BCUT2D eigenvalue weighted by atomic mass is 19.4. The zero-order chi connectivity index (χ0) is 21.3. The van der Waals surface area contributed by atoms with E-state index >= 15 is 0 Å². The van der Waals surface area contributed by atoms with E-state index in [9.17, 15) is 23.1 Å². The summed E-state index contributed by atoms with van der Waals surface area (Å²) in [6, 6.07) is 11.8. The molecule has 0 unspecified atom stereocenters. The minimum atomic E-state index is -4.39. The van der Waals surface area contributed by atoms with Crippen molar-refractivity contribution in [3.63, 3.8) is 0 Å². The van der Waals surface area contributed by atoms with Crippen molar-refractivity contribution in [2.45, 2.75) is 37.8 Å². The van der Waals surface area contributed by atoms with Crippen LogP contribution in [0.3, 0.4) is 0 Å². The Hall–Kier alpha value is -2.91. The number of hydrogen-bond donors (Lipinski definition) is 3. The summed E-state index contributed by atoms with van der Waals surface area (Å²) in [6.45, 7) is 0.774. The molecule has 158 valence electrons. The van der Waals surface area contributed by atoms with Gasteiger partial charge in [-0.25, -0.2) is 4.98 Å². The quantitative estimate of drug-likeness (QED) is 0.595. The van der Waals surface area contributed by atoms with Gasteiger partial charge in [0.15, 0.2) is 0 Å². The Morgan fingerprint density at radius 1 is 1.20 bits per heavy atom. The highest BCUT2D eigenvalue weighted by molar-refractivity contribution is 5.82. The SMILES string of the molecule is O=C(NCc1nc2ccccc2[nH]1)[C@@H]1C[C@@H](O)CN1Cc1ccc(C(F)(F)F)cc1. The van der Waals surface area contributed by atoms with Crippen molar-refractivity contribution in [2.24, 2.45) is 0 Å². The second kappa shape index (κ2) is 8.08. The third-order valence-corrected chi connectivity index (χ3v) is 5.22. The van der Waals surface area contributed by atoms with Crippen molar-refractivity contribution in [2.75, 3.05) is 6.54 Å².